The molecule has 20 nitrogen and oxygen atoms in total. The molecule has 0 aromatic carbocycles. The Hall–Kier alpha value is -2.61. The quantitative estimate of drug-likeness (QED) is 0.0225. The monoisotopic (exact) mass is 1320 g/mol. The van der Waals surface area contributed by atoms with Crippen molar-refractivity contribution < 1.29 is 67.3 Å². The minimum absolute atomic E-state index is 0.0983. The van der Waals surface area contributed by atoms with Gasteiger partial charge in [0, 0.05) is 38.0 Å². The summed E-state index contributed by atoms with van der Waals surface area (Å²) < 4.78 is 1.88. The van der Waals surface area contributed by atoms with E-state index in [1.165, 1.54) is 54.0 Å². The van der Waals surface area contributed by atoms with Gasteiger partial charge in [0.15, 0.2) is 11.2 Å². The number of hydrogen-bond acceptors (Lipinski definition) is 16. The Kier molecular flexibility index (Phi) is 27.4. The molecule has 70 heavy (non-hydrogen) atoms. The van der Waals surface area contributed by atoms with E-state index in [0.29, 0.717) is 11.3 Å². The molecule has 0 bridgehead atoms. The molecule has 0 spiro atoms. The van der Waals surface area contributed by atoms with Gasteiger partial charge in [-0.25, -0.2) is 0 Å². The fourth-order valence-electron chi connectivity index (χ4n) is 5.32. The summed E-state index contributed by atoms with van der Waals surface area (Å²) in [5, 5.41) is 14.5. The van der Waals surface area contributed by atoms with Crippen LogP contribution < -0.4 is 47.9 Å². The van der Waals surface area contributed by atoms with E-state index in [9.17, 15) is 47.9 Å². The van der Waals surface area contributed by atoms with Gasteiger partial charge in [0.2, 0.25) is 35.4 Å². The summed E-state index contributed by atoms with van der Waals surface area (Å²) in [6.07, 6.45) is 1.94. The number of carbonyl (C=O) groups excluding carboxylic acids is 10. The molecule has 0 aliphatic rings. The van der Waals surface area contributed by atoms with E-state index in [1.54, 1.807) is 32.2 Å². The molecule has 1 heterocycles. The summed E-state index contributed by atoms with van der Waals surface area (Å²) in [5.74, 6) is -9.71. The van der Waals surface area contributed by atoms with Gasteiger partial charge in [0.1, 0.15) is 18.1 Å². The van der Waals surface area contributed by atoms with Crippen molar-refractivity contribution in [1.82, 2.24) is 52.8 Å². The van der Waals surface area contributed by atoms with Crippen molar-refractivity contribution in [3.63, 3.8) is 0 Å². The van der Waals surface area contributed by atoms with Crippen LogP contribution in [0.2, 0.25) is 0 Å². The van der Waals surface area contributed by atoms with Crippen LogP contribution in [0.15, 0.2) is 18.3 Å². The number of H-pyrrole nitrogens is 1. The maximum absolute atomic E-state index is 13.8. The Morgan fingerprint density at radius 2 is 1.10 bits per heavy atom. The second-order valence-corrected chi connectivity index (χ2v) is 46.5. The van der Waals surface area contributed by atoms with Crippen molar-refractivity contribution >= 4 is 187 Å². The van der Waals surface area contributed by atoms with Crippen molar-refractivity contribution in [2.24, 2.45) is 5.92 Å². The third-order valence-corrected chi connectivity index (χ3v) is 49.7. The topological polar surface area (TPSA) is 295 Å². The van der Waals surface area contributed by atoms with E-state index in [0.717, 1.165) is 6.92 Å². The first-order chi connectivity index (χ1) is 32.1. The van der Waals surface area contributed by atoms with Crippen molar-refractivity contribution in [2.45, 2.75) is 109 Å². The van der Waals surface area contributed by atoms with E-state index in [-0.39, 0.29) is 6.42 Å². The minimum atomic E-state index is -3.17. The average molecular weight is 1320 g/mol. The minimum Gasteiger partial charge on any atom is -0.343 e. The third-order valence-electron chi connectivity index (χ3n) is 9.36. The molecule has 8 atom stereocenters. The molecule has 34 heteroatoms. The zero-order valence-corrected chi connectivity index (χ0v) is 50.0. The number of aromatic amines is 1. The Balaban J connectivity index is 3.11. The van der Waals surface area contributed by atoms with Gasteiger partial charge in [0.05, 0.1) is 19.0 Å². The van der Waals surface area contributed by atoms with Crippen molar-refractivity contribution in [1.29, 1.82) is 0 Å². The first kappa shape index (κ1) is 65.4. The number of hydrogen-bond donors (Lipinski definition) is 11. The molecule has 0 fully saturated rings. The smallest absolute Gasteiger partial charge is 0.343 e. The molecule has 0 saturated carbocycles. The Bertz CT molecular complexity index is 2570. The first-order valence-electron chi connectivity index (χ1n) is 20.6. The van der Waals surface area contributed by atoms with E-state index in [4.69, 9.17) is 82.6 Å². The molecule has 0 aliphatic heterocycles. The molecule has 0 aliphatic carbocycles. The zero-order valence-electron chi connectivity index (χ0n) is 38.8. The fourth-order valence-corrected chi connectivity index (χ4v) is 31.9. The van der Waals surface area contributed by atoms with Gasteiger partial charge in [-0.1, -0.05) is 25.5 Å². The number of aromatic nitrogens is 1. The van der Waals surface area contributed by atoms with E-state index < -0.39 is 142 Å². The molecule has 9 amide bonds. The number of ketones is 1. The maximum atomic E-state index is 13.8. The van der Waals surface area contributed by atoms with E-state index >= 15 is 0 Å². The Labute approximate surface area is 454 Å². The fraction of sp³-hybridized carbons (Fsp3) is 0.528. The second kappa shape index (κ2) is 29.3. The summed E-state index contributed by atoms with van der Waals surface area (Å²) in [5.41, 5.74) is 1.26. The Morgan fingerprint density at radius 3 is 1.51 bits per heavy atom. The van der Waals surface area contributed by atoms with Crippen molar-refractivity contribution in [2.75, 3.05) is 6.54 Å². The molecule has 2 unspecified atom stereocenters. The SMILES string of the molecule is [B]B([B])[C@@H](NC(=O)CNC(=O)C(C)C)C(=O)N[C@@H](C)C(=O)N[C@H](C)C(=O)NC(C)C(=O)NC(Cc1c[nH]c(C=C[CH]=[W])c1)C(=O)N[C@@H](C)C(=O)N[C@H](C)C(=O)N[C@H](C(C)=O)S(=S)(=S)S(=S)(=S)S(=S)(=S)S. The van der Waals surface area contributed by atoms with Gasteiger partial charge >= 0.3 is 146 Å². The van der Waals surface area contributed by atoms with E-state index in [2.05, 4.69) is 64.5 Å². The average Bonchev–Trinajstić information content (AvgIpc) is 3.70. The summed E-state index contributed by atoms with van der Waals surface area (Å²) >= 11 is 37.9. The number of allylic oxidation sites excluding steroid dienone is 1. The molecule has 0 saturated heterocycles. The van der Waals surface area contributed by atoms with Gasteiger partial charge in [-0.2, -0.15) is 0 Å². The number of rotatable bonds is 27. The summed E-state index contributed by atoms with van der Waals surface area (Å²) in [7, 11) is 11.4. The molecular weight excluding hydrogens is 1270 g/mol. The number of carbonyl (C=O) groups is 10. The van der Waals surface area contributed by atoms with Crippen LogP contribution in [-0.4, -0.2) is 144 Å². The number of amides is 9. The van der Waals surface area contributed by atoms with Gasteiger partial charge in [-0.15, -0.1) is 0 Å². The number of Topliss-reactive ketones (excluding diaryl/α,β-unsaturated/α-hetero) is 1. The van der Waals surface area contributed by atoms with Gasteiger partial charge in [-0.3, -0.25) is 38.4 Å². The van der Waals surface area contributed by atoms with Crippen LogP contribution >= 0.6 is 11.7 Å². The first-order valence-corrected chi connectivity index (χ1v) is 34.8. The molecule has 4 radical (unpaired) electrons. The Morgan fingerprint density at radius 1 is 0.671 bits per heavy atom. The predicted octanol–water partition coefficient (Wildman–Crippen LogP) is -4.51. The second-order valence-electron chi connectivity index (χ2n) is 15.7. The van der Waals surface area contributed by atoms with Crippen LogP contribution in [0, 0.1) is 5.92 Å². The molecular formula is C36H53B3N10O10S10W. The van der Waals surface area contributed by atoms with E-state index in [1.807, 2.05) is 10.5 Å². The predicted molar refractivity (Wildman–Crippen MR) is 294 cm³/mol. The molecule has 1 rings (SSSR count). The number of nitrogens with one attached hydrogen (secondary N) is 10. The molecule has 10 N–H and O–H groups in total. The standard InChI is InChI=1S/C36H53B3N10O10S10.W/c1-10-11-24-12-23(14-40-24)13-25(34(58)45-18(5)30(54)44-21(8)33(57)49-36(22(9)50)67(60,61)69(65,66)68(62,63)64)47-32(56)20(7)43-29(53)17(4)42-31(55)19(6)46-35(59)27(39(37)38)48-26(51)15-41-28(52)16(2)3;/h1,10-12,14,16-21,25,27,36,40H,13,15H2,2-9H3,(H,41,52)(H,42,55)(H,43,53)(H,44,54)(H,45,58)(H,46,59)(H,47,56)(H,48,51)(H,49,57)(H,62,63,64);/t17-,18+,19+,20?,21-,25?,27+,36+;/m1./s1. The number of thiol groups is 1. The summed E-state index contributed by atoms with van der Waals surface area (Å²) in [6, 6.07) is -6.08. The van der Waals surface area contributed by atoms with Gasteiger partial charge in [0.25, 0.3) is 0 Å². The molecule has 1 aromatic rings. The van der Waals surface area contributed by atoms with Crippen LogP contribution in [-0.2, 0) is 157 Å². The van der Waals surface area contributed by atoms with Gasteiger partial charge in [-0.05, 0) is 94.8 Å². The van der Waals surface area contributed by atoms with Crippen LogP contribution in [0.1, 0.15) is 66.6 Å². The van der Waals surface area contributed by atoms with Gasteiger partial charge < -0.3 is 31.9 Å². The third kappa shape index (κ3) is 20.4. The van der Waals surface area contributed by atoms with Crippen molar-refractivity contribution in [3.05, 3.63) is 29.6 Å². The van der Waals surface area contributed by atoms with Crippen LogP contribution in [0.3, 0.4) is 0 Å². The summed E-state index contributed by atoms with van der Waals surface area (Å²) in [6.45, 7) is 9.03. The summed E-state index contributed by atoms with van der Waals surface area (Å²) in [4.78, 5) is 133. The van der Waals surface area contributed by atoms with Crippen LogP contribution in [0.4, 0.5) is 0 Å². The normalized spacial score (nSPS) is 15.2. The molecule has 1 aromatic heterocycles. The zero-order chi connectivity index (χ0) is 54.2. The van der Waals surface area contributed by atoms with Crippen LogP contribution in [0.25, 0.3) is 6.08 Å². The van der Waals surface area contributed by atoms with Crippen molar-refractivity contribution in [3.8, 4) is 0 Å². The van der Waals surface area contributed by atoms with Crippen LogP contribution in [0.5, 0.6) is 0 Å². The molecule has 382 valence electrons.